The van der Waals surface area contributed by atoms with Crippen LogP contribution in [-0.2, 0) is 18.3 Å². The van der Waals surface area contributed by atoms with E-state index in [0.29, 0.717) is 19.1 Å². The summed E-state index contributed by atoms with van der Waals surface area (Å²) in [5.74, 6) is 0.329. The first-order valence-electron chi connectivity index (χ1n) is 8.41. The first-order valence-corrected chi connectivity index (χ1v) is 9.20. The van der Waals surface area contributed by atoms with E-state index in [9.17, 15) is 9.59 Å². The van der Waals surface area contributed by atoms with Gasteiger partial charge in [-0.2, -0.15) is 10.1 Å². The minimum absolute atomic E-state index is 0.265. The predicted octanol–water partition coefficient (Wildman–Crippen LogP) is 1.90. The van der Waals surface area contributed by atoms with Gasteiger partial charge in [0.2, 0.25) is 5.95 Å². The average molecular weight is 447 g/mol. The molecule has 0 aliphatic carbocycles. The number of hydrazone groups is 1. The number of H-pyrrole nitrogens is 1. The molecule has 0 fully saturated rings. The molecule has 0 aliphatic rings. The molecule has 10 heteroatoms. The van der Waals surface area contributed by atoms with Crippen molar-refractivity contribution in [2.45, 2.75) is 6.54 Å². The molecule has 0 aliphatic heterocycles. The number of benzene rings is 1. The molecule has 0 spiro atoms. The Hall–Kier alpha value is -2.98. The number of imidazole rings is 1. The summed E-state index contributed by atoms with van der Waals surface area (Å²) in [5.41, 5.74) is 3.35. The zero-order chi connectivity index (χ0) is 20.1. The largest absolute Gasteiger partial charge is 0.383 e. The number of halogens is 1. The van der Waals surface area contributed by atoms with Crippen LogP contribution in [-0.4, -0.2) is 39.0 Å². The Morgan fingerprint density at radius 1 is 1.36 bits per heavy atom. The van der Waals surface area contributed by atoms with E-state index >= 15 is 0 Å². The highest BCUT2D eigenvalue weighted by Crippen LogP contribution is 2.16. The van der Waals surface area contributed by atoms with Crippen molar-refractivity contribution in [3.05, 3.63) is 61.2 Å². The third-order valence-electron chi connectivity index (χ3n) is 3.98. The molecule has 1 aromatic carbocycles. The lowest BCUT2D eigenvalue weighted by molar-refractivity contribution is 0.188. The first-order chi connectivity index (χ1) is 13.5. The van der Waals surface area contributed by atoms with Gasteiger partial charge in [0.25, 0.3) is 5.56 Å². The quantitative estimate of drug-likeness (QED) is 0.425. The van der Waals surface area contributed by atoms with Crippen LogP contribution in [0.2, 0.25) is 0 Å². The van der Waals surface area contributed by atoms with E-state index in [-0.39, 0.29) is 11.2 Å². The lowest BCUT2D eigenvalue weighted by Gasteiger charge is -2.07. The molecule has 28 heavy (non-hydrogen) atoms. The van der Waals surface area contributed by atoms with E-state index in [2.05, 4.69) is 36.4 Å². The van der Waals surface area contributed by atoms with Crippen LogP contribution in [0.1, 0.15) is 5.56 Å². The number of hydrogen-bond donors (Lipinski definition) is 2. The van der Waals surface area contributed by atoms with Gasteiger partial charge in [-0.05, 0) is 27.6 Å². The number of nitrogens with one attached hydrogen (secondary N) is 2. The van der Waals surface area contributed by atoms with Crippen molar-refractivity contribution < 1.29 is 4.74 Å². The number of allylic oxidation sites excluding steroid dienone is 1. The van der Waals surface area contributed by atoms with Gasteiger partial charge in [-0.1, -0.05) is 30.3 Å². The number of ether oxygens (including phenoxy) is 1. The smallest absolute Gasteiger partial charge is 0.329 e. The van der Waals surface area contributed by atoms with Crippen molar-refractivity contribution in [2.75, 3.05) is 19.1 Å². The van der Waals surface area contributed by atoms with Crippen LogP contribution in [0.3, 0.4) is 0 Å². The molecule has 0 bridgehead atoms. The molecule has 3 aromatic rings. The second-order valence-corrected chi connectivity index (χ2v) is 6.80. The molecule has 2 aromatic heterocycles. The maximum absolute atomic E-state index is 12.3. The summed E-state index contributed by atoms with van der Waals surface area (Å²) in [6.45, 7) is 0.733. The molecule has 0 saturated heterocycles. The van der Waals surface area contributed by atoms with Gasteiger partial charge in [0.1, 0.15) is 0 Å². The number of fused-ring (bicyclic) bond motifs is 1. The van der Waals surface area contributed by atoms with E-state index < -0.39 is 11.2 Å². The highest BCUT2D eigenvalue weighted by Gasteiger charge is 2.16. The van der Waals surface area contributed by atoms with Crippen molar-refractivity contribution in [3.63, 3.8) is 0 Å². The summed E-state index contributed by atoms with van der Waals surface area (Å²) in [5, 5.41) is 4.17. The fraction of sp³-hybridized carbons (Fsp3) is 0.222. The maximum Gasteiger partial charge on any atom is 0.329 e. The molecule has 0 radical (unpaired) electrons. The number of methoxy groups -OCH3 is 1. The average Bonchev–Trinajstić information content (AvgIpc) is 3.04. The minimum atomic E-state index is -0.530. The second-order valence-electron chi connectivity index (χ2n) is 5.88. The summed E-state index contributed by atoms with van der Waals surface area (Å²) in [4.78, 5) is 30.8. The van der Waals surface area contributed by atoms with Crippen LogP contribution >= 0.6 is 15.9 Å². The third kappa shape index (κ3) is 4.29. The van der Waals surface area contributed by atoms with E-state index in [0.717, 1.165) is 10.0 Å². The maximum atomic E-state index is 12.3. The van der Waals surface area contributed by atoms with Gasteiger partial charge < -0.3 is 9.30 Å². The Labute approximate surface area is 168 Å². The van der Waals surface area contributed by atoms with E-state index in [4.69, 9.17) is 4.74 Å². The van der Waals surface area contributed by atoms with Gasteiger partial charge in [-0.25, -0.2) is 10.2 Å². The van der Waals surface area contributed by atoms with Crippen molar-refractivity contribution in [3.8, 4) is 0 Å². The van der Waals surface area contributed by atoms with Crippen molar-refractivity contribution in [1.82, 2.24) is 19.1 Å². The molecule has 2 N–H and O–H groups in total. The Morgan fingerprint density at radius 3 is 2.82 bits per heavy atom. The molecule has 0 amide bonds. The number of aromatic nitrogens is 4. The van der Waals surface area contributed by atoms with Crippen LogP contribution in [0.15, 0.2) is 49.5 Å². The summed E-state index contributed by atoms with van der Waals surface area (Å²) in [7, 11) is 3.11. The van der Waals surface area contributed by atoms with Gasteiger partial charge in [-0.15, -0.1) is 0 Å². The van der Waals surface area contributed by atoms with Crippen LogP contribution in [0.25, 0.3) is 17.2 Å². The summed E-state index contributed by atoms with van der Waals surface area (Å²) < 4.78 is 8.76. The Bertz CT molecular complexity index is 1140. The number of aromatic amines is 1. The van der Waals surface area contributed by atoms with Gasteiger partial charge in [0, 0.05) is 25.2 Å². The molecule has 0 unspecified atom stereocenters. The molecule has 0 atom stereocenters. The fourth-order valence-corrected chi connectivity index (χ4v) is 2.98. The van der Waals surface area contributed by atoms with E-state index in [1.54, 1.807) is 24.9 Å². The molecule has 9 nitrogen and oxygen atoms in total. The monoisotopic (exact) mass is 446 g/mol. The van der Waals surface area contributed by atoms with E-state index in [1.165, 1.54) is 4.57 Å². The summed E-state index contributed by atoms with van der Waals surface area (Å²) in [6.07, 6.45) is 3.49. The number of aryl methyl sites for hydroxylation is 1. The standard InChI is InChI=1S/C18H19BrN6O3/c1-24-15-14(16(26)22-18(24)27)25(8-9-28-2)17(21-15)23-20-11-13(19)10-12-6-4-3-5-7-12/h3-7,10-11H,8-9H2,1-2H3,(H,21,23)(H,22,26,27)/b13-10-,20-11-. The van der Waals surface area contributed by atoms with E-state index in [1.807, 2.05) is 36.4 Å². The summed E-state index contributed by atoms with van der Waals surface area (Å²) in [6, 6.07) is 9.78. The van der Waals surface area contributed by atoms with Crippen molar-refractivity contribution in [2.24, 2.45) is 12.1 Å². The van der Waals surface area contributed by atoms with Gasteiger partial charge in [0.05, 0.1) is 12.8 Å². The SMILES string of the molecule is COCCn1c(N/N=C\C(Br)=C\c2ccccc2)nc2c1c(=O)[nH]c(=O)n2C. The first kappa shape index (κ1) is 19.8. The molecular weight excluding hydrogens is 428 g/mol. The predicted molar refractivity (Wildman–Crippen MR) is 113 cm³/mol. The topological polar surface area (TPSA) is 106 Å². The lowest BCUT2D eigenvalue weighted by atomic mass is 10.2. The fourth-order valence-electron chi connectivity index (χ4n) is 2.62. The number of rotatable bonds is 7. The van der Waals surface area contributed by atoms with Gasteiger partial charge >= 0.3 is 5.69 Å². The lowest BCUT2D eigenvalue weighted by Crippen LogP contribution is -2.29. The van der Waals surface area contributed by atoms with Crippen molar-refractivity contribution >= 4 is 45.3 Å². The molecular formula is C18H19BrN6O3. The number of nitrogens with zero attached hydrogens (tertiary/aromatic N) is 4. The number of hydrogen-bond acceptors (Lipinski definition) is 6. The Morgan fingerprint density at radius 2 is 2.11 bits per heavy atom. The van der Waals surface area contributed by atoms with Crippen LogP contribution in [0.4, 0.5) is 5.95 Å². The minimum Gasteiger partial charge on any atom is -0.383 e. The van der Waals surface area contributed by atoms with Crippen LogP contribution < -0.4 is 16.7 Å². The highest BCUT2D eigenvalue weighted by atomic mass is 79.9. The second kappa shape index (κ2) is 8.81. The van der Waals surface area contributed by atoms with Crippen molar-refractivity contribution in [1.29, 1.82) is 0 Å². The van der Waals surface area contributed by atoms with Crippen LogP contribution in [0, 0.1) is 0 Å². The van der Waals surface area contributed by atoms with Gasteiger partial charge in [-0.3, -0.25) is 14.3 Å². The third-order valence-corrected chi connectivity index (χ3v) is 4.42. The zero-order valence-corrected chi connectivity index (χ0v) is 16.9. The Kier molecular flexibility index (Phi) is 6.22. The van der Waals surface area contributed by atoms with Gasteiger partial charge in [0.15, 0.2) is 11.2 Å². The zero-order valence-electron chi connectivity index (χ0n) is 15.3. The molecule has 0 saturated carbocycles. The molecule has 3 rings (SSSR count). The Balaban J connectivity index is 1.93. The molecule has 2 heterocycles. The van der Waals surface area contributed by atoms with Crippen LogP contribution in [0.5, 0.6) is 0 Å². The summed E-state index contributed by atoms with van der Waals surface area (Å²) >= 11 is 3.44. The molecule has 146 valence electrons. The normalized spacial score (nSPS) is 12.2. The number of anilines is 1. The highest BCUT2D eigenvalue weighted by molar-refractivity contribution is 9.12.